The normalized spacial score (nSPS) is 16.3. The number of nitrogens with zero attached hydrogens (tertiary/aromatic N) is 2. The maximum Gasteiger partial charge on any atom is 0.253 e. The van der Waals surface area contributed by atoms with Crippen molar-refractivity contribution in [1.82, 2.24) is 9.80 Å². The van der Waals surface area contributed by atoms with Crippen LogP contribution in [0.15, 0.2) is 53.4 Å². The van der Waals surface area contributed by atoms with Crippen molar-refractivity contribution in [1.29, 1.82) is 0 Å². The van der Waals surface area contributed by atoms with Gasteiger partial charge in [-0.1, -0.05) is 12.1 Å². The summed E-state index contributed by atoms with van der Waals surface area (Å²) in [4.78, 5) is 17.5. The number of piperazine rings is 1. The highest BCUT2D eigenvalue weighted by Gasteiger charge is 2.20. The van der Waals surface area contributed by atoms with Crippen LogP contribution in [0.4, 0.5) is 5.69 Å². The number of benzene rings is 2. The number of rotatable bonds is 5. The van der Waals surface area contributed by atoms with E-state index in [0.29, 0.717) is 6.54 Å². The Bertz CT molecular complexity index is 767. The Labute approximate surface area is 157 Å². The van der Waals surface area contributed by atoms with E-state index in [4.69, 9.17) is 0 Å². The Hall–Kier alpha value is -2.18. The molecule has 1 aliphatic heterocycles. The molecule has 3 rings (SSSR count). The molecule has 1 atom stereocenters. The number of hydrogen-bond acceptors (Lipinski definition) is 4. The molecule has 6 heteroatoms. The van der Waals surface area contributed by atoms with Gasteiger partial charge in [-0.05, 0) is 49.0 Å². The lowest BCUT2D eigenvalue weighted by Crippen LogP contribution is -2.47. The molecular formula is C20H25N3O2S. The number of amides is 1. The summed E-state index contributed by atoms with van der Waals surface area (Å²) in [5.74, 6) is 0.104. The van der Waals surface area contributed by atoms with Crippen molar-refractivity contribution in [2.24, 2.45) is 0 Å². The first-order valence-corrected chi connectivity index (χ1v) is 10.3. The van der Waals surface area contributed by atoms with Gasteiger partial charge in [-0.15, -0.1) is 0 Å². The van der Waals surface area contributed by atoms with Crippen LogP contribution in [0.1, 0.15) is 15.9 Å². The van der Waals surface area contributed by atoms with Gasteiger partial charge in [-0.3, -0.25) is 9.00 Å². The average molecular weight is 372 g/mol. The molecular weight excluding hydrogens is 346 g/mol. The lowest BCUT2D eigenvalue weighted by Gasteiger charge is -2.32. The van der Waals surface area contributed by atoms with Crippen LogP contribution in [0.5, 0.6) is 0 Å². The molecule has 1 amide bonds. The fourth-order valence-electron chi connectivity index (χ4n) is 2.93. The van der Waals surface area contributed by atoms with Crippen LogP contribution in [0, 0.1) is 0 Å². The summed E-state index contributed by atoms with van der Waals surface area (Å²) in [6.07, 6.45) is 1.68. The molecule has 0 saturated carbocycles. The van der Waals surface area contributed by atoms with Gasteiger partial charge in [-0.2, -0.15) is 0 Å². The average Bonchev–Trinajstić information content (AvgIpc) is 2.67. The van der Waals surface area contributed by atoms with Crippen LogP contribution >= 0.6 is 0 Å². The number of likely N-dealkylation sites (N-methyl/N-ethyl adjacent to an activating group) is 1. The first-order valence-electron chi connectivity index (χ1n) is 8.77. The number of nitrogens with one attached hydrogen (secondary N) is 1. The minimum atomic E-state index is -0.948. The Kier molecular flexibility index (Phi) is 6.06. The predicted octanol–water partition coefficient (Wildman–Crippen LogP) is 2.42. The van der Waals surface area contributed by atoms with Crippen molar-refractivity contribution >= 4 is 22.4 Å². The fourth-order valence-corrected chi connectivity index (χ4v) is 3.45. The van der Waals surface area contributed by atoms with Crippen molar-refractivity contribution in [2.45, 2.75) is 11.4 Å². The highest BCUT2D eigenvalue weighted by atomic mass is 32.2. The van der Waals surface area contributed by atoms with E-state index in [1.54, 1.807) is 6.26 Å². The Morgan fingerprint density at radius 1 is 1.00 bits per heavy atom. The van der Waals surface area contributed by atoms with Crippen molar-refractivity contribution in [3.63, 3.8) is 0 Å². The molecule has 0 unspecified atom stereocenters. The highest BCUT2D eigenvalue weighted by Crippen LogP contribution is 2.15. The van der Waals surface area contributed by atoms with Gasteiger partial charge in [0.1, 0.15) is 0 Å². The quantitative estimate of drug-likeness (QED) is 0.877. The van der Waals surface area contributed by atoms with Crippen molar-refractivity contribution in [3.05, 3.63) is 59.7 Å². The van der Waals surface area contributed by atoms with Gasteiger partial charge < -0.3 is 15.1 Å². The smallest absolute Gasteiger partial charge is 0.253 e. The summed E-state index contributed by atoms with van der Waals surface area (Å²) >= 11 is 0. The maximum absolute atomic E-state index is 12.5. The van der Waals surface area contributed by atoms with Crippen LogP contribution in [-0.2, 0) is 17.3 Å². The second kappa shape index (κ2) is 8.47. The van der Waals surface area contributed by atoms with Crippen LogP contribution in [-0.4, -0.2) is 59.4 Å². The molecule has 2 aromatic rings. The van der Waals surface area contributed by atoms with E-state index in [1.165, 1.54) is 0 Å². The summed E-state index contributed by atoms with van der Waals surface area (Å²) in [7, 11) is 1.13. The number of carbonyl (C=O) groups excluding carboxylic acids is 1. The van der Waals surface area contributed by atoms with Gasteiger partial charge >= 0.3 is 0 Å². The van der Waals surface area contributed by atoms with E-state index in [-0.39, 0.29) is 5.91 Å². The molecule has 26 heavy (non-hydrogen) atoms. The predicted molar refractivity (Wildman–Crippen MR) is 106 cm³/mol. The van der Waals surface area contributed by atoms with E-state index in [1.807, 2.05) is 53.4 Å². The zero-order chi connectivity index (χ0) is 18.5. The Balaban J connectivity index is 1.55. The molecule has 1 fully saturated rings. The molecule has 0 bridgehead atoms. The first kappa shape index (κ1) is 18.6. The topological polar surface area (TPSA) is 52.6 Å². The molecule has 0 spiro atoms. The number of carbonyl (C=O) groups is 1. The second-order valence-electron chi connectivity index (χ2n) is 6.62. The van der Waals surface area contributed by atoms with Crippen LogP contribution in [0.3, 0.4) is 0 Å². The van der Waals surface area contributed by atoms with Crippen molar-refractivity contribution < 1.29 is 9.00 Å². The second-order valence-corrected chi connectivity index (χ2v) is 8.00. The first-order chi connectivity index (χ1) is 12.5. The summed E-state index contributed by atoms with van der Waals surface area (Å²) in [5.41, 5.74) is 2.83. The monoisotopic (exact) mass is 371 g/mol. The molecule has 1 N–H and O–H groups in total. The standard InChI is InChI=1S/C20H25N3O2S/c1-22-11-13-23(14-12-22)20(24)17-5-7-18(8-6-17)21-15-16-3-9-19(10-4-16)26(2)25/h3-10,21H,11-15H2,1-2H3/t26-/m1/s1. The molecule has 5 nitrogen and oxygen atoms in total. The van der Waals surface area contributed by atoms with Crippen molar-refractivity contribution in [3.8, 4) is 0 Å². The molecule has 0 aliphatic carbocycles. The van der Waals surface area contributed by atoms with Crippen LogP contribution in [0.2, 0.25) is 0 Å². The van der Waals surface area contributed by atoms with Crippen molar-refractivity contribution in [2.75, 3.05) is 44.8 Å². The third-order valence-corrected chi connectivity index (χ3v) is 5.61. The third-order valence-electron chi connectivity index (χ3n) is 4.67. The van der Waals surface area contributed by atoms with Gasteiger partial charge in [0.05, 0.1) is 0 Å². The lowest BCUT2D eigenvalue weighted by molar-refractivity contribution is 0.0664. The minimum Gasteiger partial charge on any atom is -0.381 e. The van der Waals surface area contributed by atoms with Gasteiger partial charge in [-0.25, -0.2) is 0 Å². The number of anilines is 1. The molecule has 1 aliphatic rings. The minimum absolute atomic E-state index is 0.104. The zero-order valence-electron chi connectivity index (χ0n) is 15.3. The third kappa shape index (κ3) is 4.71. The summed E-state index contributed by atoms with van der Waals surface area (Å²) in [6.45, 7) is 4.11. The largest absolute Gasteiger partial charge is 0.381 e. The molecule has 0 radical (unpaired) electrons. The van der Waals surface area contributed by atoms with Gasteiger partial charge in [0.25, 0.3) is 5.91 Å². The molecule has 138 valence electrons. The highest BCUT2D eigenvalue weighted by molar-refractivity contribution is 7.84. The van der Waals surface area contributed by atoms with E-state index in [0.717, 1.165) is 47.9 Å². The lowest BCUT2D eigenvalue weighted by atomic mass is 10.1. The van der Waals surface area contributed by atoms with E-state index in [2.05, 4.69) is 17.3 Å². The van der Waals surface area contributed by atoms with E-state index < -0.39 is 10.8 Å². The van der Waals surface area contributed by atoms with E-state index >= 15 is 0 Å². The molecule has 1 heterocycles. The molecule has 1 saturated heterocycles. The molecule has 0 aromatic heterocycles. The van der Waals surface area contributed by atoms with Gasteiger partial charge in [0, 0.05) is 65.9 Å². The van der Waals surface area contributed by atoms with Crippen LogP contribution in [0.25, 0.3) is 0 Å². The van der Waals surface area contributed by atoms with Gasteiger partial charge in [0.2, 0.25) is 0 Å². The van der Waals surface area contributed by atoms with E-state index in [9.17, 15) is 9.00 Å². The fraction of sp³-hybridized carbons (Fsp3) is 0.350. The Morgan fingerprint density at radius 3 is 2.19 bits per heavy atom. The summed E-state index contributed by atoms with van der Waals surface area (Å²) < 4.78 is 11.4. The SMILES string of the molecule is CN1CCN(C(=O)c2ccc(NCc3ccc([S@@](C)=O)cc3)cc2)CC1. The van der Waals surface area contributed by atoms with Crippen LogP contribution < -0.4 is 5.32 Å². The number of hydrogen-bond donors (Lipinski definition) is 1. The zero-order valence-corrected chi connectivity index (χ0v) is 16.1. The maximum atomic E-state index is 12.5. The summed E-state index contributed by atoms with van der Waals surface area (Å²) in [6, 6.07) is 15.4. The Morgan fingerprint density at radius 2 is 1.62 bits per heavy atom. The summed E-state index contributed by atoms with van der Waals surface area (Å²) in [5, 5.41) is 3.35. The molecule has 2 aromatic carbocycles. The van der Waals surface area contributed by atoms with Gasteiger partial charge in [0.15, 0.2) is 0 Å².